The van der Waals surface area contributed by atoms with Crippen molar-refractivity contribution in [2.75, 3.05) is 38.2 Å². The van der Waals surface area contributed by atoms with E-state index in [9.17, 15) is 9.59 Å². The van der Waals surface area contributed by atoms with Gasteiger partial charge < -0.3 is 20.3 Å². The SMILES string of the molecule is CC(C)CNC(=O)c1ccc(NC(=O)N2CCOCC2)cc1. The summed E-state index contributed by atoms with van der Waals surface area (Å²) >= 11 is 0. The molecule has 0 aromatic heterocycles. The Morgan fingerprint density at radius 2 is 1.82 bits per heavy atom. The van der Waals surface area contributed by atoms with Crippen molar-refractivity contribution in [3.63, 3.8) is 0 Å². The Morgan fingerprint density at radius 1 is 1.18 bits per heavy atom. The highest BCUT2D eigenvalue weighted by molar-refractivity contribution is 5.95. The number of nitrogens with one attached hydrogen (secondary N) is 2. The summed E-state index contributed by atoms with van der Waals surface area (Å²) in [6, 6.07) is 6.76. The minimum atomic E-state index is -0.139. The van der Waals surface area contributed by atoms with Crippen molar-refractivity contribution in [3.05, 3.63) is 29.8 Å². The van der Waals surface area contributed by atoms with Gasteiger partial charge in [0.1, 0.15) is 0 Å². The van der Waals surface area contributed by atoms with Gasteiger partial charge in [0.2, 0.25) is 0 Å². The molecule has 0 saturated carbocycles. The van der Waals surface area contributed by atoms with Crippen LogP contribution >= 0.6 is 0 Å². The number of urea groups is 1. The van der Waals surface area contributed by atoms with Crippen molar-refractivity contribution in [2.45, 2.75) is 13.8 Å². The lowest BCUT2D eigenvalue weighted by Gasteiger charge is -2.26. The molecule has 1 fully saturated rings. The largest absolute Gasteiger partial charge is 0.378 e. The first-order valence-corrected chi connectivity index (χ1v) is 7.58. The molecule has 6 heteroatoms. The fourth-order valence-corrected chi connectivity index (χ4v) is 2.07. The molecular weight excluding hydrogens is 282 g/mol. The number of anilines is 1. The van der Waals surface area contributed by atoms with Crippen molar-refractivity contribution >= 4 is 17.6 Å². The van der Waals surface area contributed by atoms with E-state index in [-0.39, 0.29) is 11.9 Å². The molecule has 1 aliphatic heterocycles. The number of hydrogen-bond donors (Lipinski definition) is 2. The van der Waals surface area contributed by atoms with Crippen LogP contribution in [0.1, 0.15) is 24.2 Å². The van der Waals surface area contributed by atoms with Gasteiger partial charge in [-0.3, -0.25) is 4.79 Å². The summed E-state index contributed by atoms with van der Waals surface area (Å²) in [4.78, 5) is 25.7. The molecule has 6 nitrogen and oxygen atoms in total. The Morgan fingerprint density at radius 3 is 2.41 bits per heavy atom. The molecule has 2 N–H and O–H groups in total. The van der Waals surface area contributed by atoms with Crippen LogP contribution in [0.4, 0.5) is 10.5 Å². The molecule has 0 atom stereocenters. The number of ether oxygens (including phenoxy) is 1. The molecule has 0 radical (unpaired) electrons. The molecule has 0 aliphatic carbocycles. The van der Waals surface area contributed by atoms with Gasteiger partial charge in [0.05, 0.1) is 13.2 Å². The summed E-state index contributed by atoms with van der Waals surface area (Å²) in [5, 5.41) is 5.69. The van der Waals surface area contributed by atoms with Gasteiger partial charge in [-0.2, -0.15) is 0 Å². The average Bonchev–Trinajstić information content (AvgIpc) is 2.54. The van der Waals surface area contributed by atoms with E-state index in [1.54, 1.807) is 29.2 Å². The molecule has 1 aromatic carbocycles. The summed E-state index contributed by atoms with van der Waals surface area (Å²) in [5.74, 6) is 0.316. The third-order valence-electron chi connectivity index (χ3n) is 3.37. The summed E-state index contributed by atoms with van der Waals surface area (Å²) in [7, 11) is 0. The van der Waals surface area contributed by atoms with Gasteiger partial charge >= 0.3 is 6.03 Å². The Hall–Kier alpha value is -2.08. The number of morpholine rings is 1. The highest BCUT2D eigenvalue weighted by Crippen LogP contribution is 2.11. The van der Waals surface area contributed by atoms with Crippen LogP contribution in [0.25, 0.3) is 0 Å². The van der Waals surface area contributed by atoms with E-state index in [0.717, 1.165) is 0 Å². The number of rotatable bonds is 4. The quantitative estimate of drug-likeness (QED) is 0.893. The predicted molar refractivity (Wildman–Crippen MR) is 85.0 cm³/mol. The van der Waals surface area contributed by atoms with E-state index in [4.69, 9.17) is 4.74 Å². The van der Waals surface area contributed by atoms with Crippen LogP contribution in [0.2, 0.25) is 0 Å². The monoisotopic (exact) mass is 305 g/mol. The van der Waals surface area contributed by atoms with E-state index in [1.165, 1.54) is 0 Å². The first-order valence-electron chi connectivity index (χ1n) is 7.58. The van der Waals surface area contributed by atoms with Gasteiger partial charge in [0, 0.05) is 30.9 Å². The van der Waals surface area contributed by atoms with E-state index in [0.29, 0.717) is 50.0 Å². The lowest BCUT2D eigenvalue weighted by atomic mass is 10.1. The molecule has 3 amide bonds. The fraction of sp³-hybridized carbons (Fsp3) is 0.500. The van der Waals surface area contributed by atoms with Crippen LogP contribution < -0.4 is 10.6 Å². The fourth-order valence-electron chi connectivity index (χ4n) is 2.07. The molecule has 1 aromatic rings. The number of nitrogens with zero attached hydrogens (tertiary/aromatic N) is 1. The topological polar surface area (TPSA) is 70.7 Å². The predicted octanol–water partition coefficient (Wildman–Crippen LogP) is 1.94. The number of carbonyl (C=O) groups excluding carboxylic acids is 2. The minimum Gasteiger partial charge on any atom is -0.378 e. The zero-order valence-electron chi connectivity index (χ0n) is 13.1. The molecule has 0 unspecified atom stereocenters. The van der Waals surface area contributed by atoms with Gasteiger partial charge in [-0.25, -0.2) is 4.79 Å². The normalized spacial score (nSPS) is 14.8. The number of hydrogen-bond acceptors (Lipinski definition) is 3. The second-order valence-corrected chi connectivity index (χ2v) is 5.71. The summed E-state index contributed by atoms with van der Waals surface area (Å²) in [5.41, 5.74) is 1.27. The van der Waals surface area contributed by atoms with Crippen LogP contribution in [0.5, 0.6) is 0 Å². The lowest BCUT2D eigenvalue weighted by molar-refractivity contribution is 0.0564. The third-order valence-corrected chi connectivity index (χ3v) is 3.37. The molecule has 1 heterocycles. The highest BCUT2D eigenvalue weighted by Gasteiger charge is 2.16. The van der Waals surface area contributed by atoms with E-state index < -0.39 is 0 Å². The Balaban J connectivity index is 1.88. The minimum absolute atomic E-state index is 0.0974. The van der Waals surface area contributed by atoms with Crippen LogP contribution in [-0.4, -0.2) is 49.7 Å². The van der Waals surface area contributed by atoms with Crippen molar-refractivity contribution in [2.24, 2.45) is 5.92 Å². The first kappa shape index (κ1) is 16.3. The van der Waals surface area contributed by atoms with Crippen LogP contribution in [0, 0.1) is 5.92 Å². The smallest absolute Gasteiger partial charge is 0.321 e. The number of benzene rings is 1. The zero-order chi connectivity index (χ0) is 15.9. The molecule has 1 saturated heterocycles. The third kappa shape index (κ3) is 4.73. The van der Waals surface area contributed by atoms with Crippen LogP contribution in [0.15, 0.2) is 24.3 Å². The van der Waals surface area contributed by atoms with Gasteiger partial charge in [0.25, 0.3) is 5.91 Å². The molecule has 1 aliphatic rings. The number of carbonyl (C=O) groups is 2. The van der Waals surface area contributed by atoms with E-state index >= 15 is 0 Å². The second-order valence-electron chi connectivity index (χ2n) is 5.71. The Kier molecular flexibility index (Phi) is 5.77. The summed E-state index contributed by atoms with van der Waals surface area (Å²) in [6.45, 7) is 7.08. The van der Waals surface area contributed by atoms with Gasteiger partial charge in [-0.15, -0.1) is 0 Å². The molecule has 2 rings (SSSR count). The Labute approximate surface area is 130 Å². The Bertz CT molecular complexity index is 508. The maximum atomic E-state index is 12.0. The molecular formula is C16H23N3O3. The standard InChI is InChI=1S/C16H23N3O3/c1-12(2)11-17-15(20)13-3-5-14(6-4-13)18-16(21)19-7-9-22-10-8-19/h3-6,12H,7-11H2,1-2H3,(H,17,20)(H,18,21). The highest BCUT2D eigenvalue weighted by atomic mass is 16.5. The summed E-state index contributed by atoms with van der Waals surface area (Å²) < 4.78 is 5.22. The first-order chi connectivity index (χ1) is 10.6. The molecule has 120 valence electrons. The number of amides is 3. The van der Waals surface area contributed by atoms with Gasteiger partial charge in [-0.05, 0) is 30.2 Å². The maximum absolute atomic E-state index is 12.0. The summed E-state index contributed by atoms with van der Waals surface area (Å²) in [6.07, 6.45) is 0. The van der Waals surface area contributed by atoms with Gasteiger partial charge in [-0.1, -0.05) is 13.8 Å². The maximum Gasteiger partial charge on any atom is 0.321 e. The molecule has 22 heavy (non-hydrogen) atoms. The van der Waals surface area contributed by atoms with E-state index in [2.05, 4.69) is 10.6 Å². The van der Waals surface area contributed by atoms with E-state index in [1.807, 2.05) is 13.8 Å². The zero-order valence-corrected chi connectivity index (χ0v) is 13.1. The van der Waals surface area contributed by atoms with Crippen molar-refractivity contribution in [3.8, 4) is 0 Å². The van der Waals surface area contributed by atoms with Crippen LogP contribution in [0.3, 0.4) is 0 Å². The molecule has 0 spiro atoms. The van der Waals surface area contributed by atoms with Gasteiger partial charge in [0.15, 0.2) is 0 Å². The average molecular weight is 305 g/mol. The van der Waals surface area contributed by atoms with Crippen molar-refractivity contribution in [1.82, 2.24) is 10.2 Å². The van der Waals surface area contributed by atoms with Crippen LogP contribution in [-0.2, 0) is 4.74 Å². The van der Waals surface area contributed by atoms with Crippen molar-refractivity contribution in [1.29, 1.82) is 0 Å². The second kappa shape index (κ2) is 7.79. The van der Waals surface area contributed by atoms with Crippen molar-refractivity contribution < 1.29 is 14.3 Å². The molecule has 0 bridgehead atoms. The lowest BCUT2D eigenvalue weighted by Crippen LogP contribution is -2.43.